The van der Waals surface area contributed by atoms with Gasteiger partial charge in [0, 0.05) is 5.92 Å². The Hall–Kier alpha value is -1.68. The van der Waals surface area contributed by atoms with Crippen molar-refractivity contribution in [1.29, 1.82) is 0 Å². The molecular weight excluding hydrogens is 364 g/mol. The van der Waals surface area contributed by atoms with Crippen LogP contribution in [0, 0.1) is 29.6 Å². The van der Waals surface area contributed by atoms with E-state index in [9.17, 15) is 0 Å². The molecule has 0 atom stereocenters. The number of hydrogen-bond acceptors (Lipinski definition) is 1. The lowest BCUT2D eigenvalue weighted by Gasteiger charge is -2.26. The van der Waals surface area contributed by atoms with Gasteiger partial charge in [-0.2, -0.15) is 0 Å². The molecule has 0 N–H and O–H groups in total. The van der Waals surface area contributed by atoms with E-state index in [0.717, 1.165) is 30.6 Å². The van der Waals surface area contributed by atoms with Crippen molar-refractivity contribution in [3.63, 3.8) is 0 Å². The second kappa shape index (κ2) is 12.9. The number of rotatable bonds is 8. The fourth-order valence-electron chi connectivity index (χ4n) is 5.09. The average Bonchev–Trinajstić information content (AvgIpc) is 2.81. The summed E-state index contributed by atoms with van der Waals surface area (Å²) in [7, 11) is 0. The van der Waals surface area contributed by atoms with Gasteiger partial charge in [-0.05, 0) is 99.3 Å². The summed E-state index contributed by atoms with van der Waals surface area (Å²) in [6.07, 6.45) is 20.1. The second-order valence-corrected chi connectivity index (χ2v) is 9.51. The molecule has 0 amide bonds. The molecule has 0 bridgehead atoms. The lowest BCUT2D eigenvalue weighted by molar-refractivity contribution is 0.304. The molecule has 0 saturated heterocycles. The maximum atomic E-state index is 5.85. The minimum atomic E-state index is 0.586. The highest BCUT2D eigenvalue weighted by atomic mass is 16.5. The van der Waals surface area contributed by atoms with Crippen LogP contribution in [0.3, 0.4) is 0 Å². The van der Waals surface area contributed by atoms with Gasteiger partial charge < -0.3 is 4.74 Å². The van der Waals surface area contributed by atoms with Gasteiger partial charge in [0.1, 0.15) is 5.75 Å². The Bertz CT molecular complexity index is 673. The van der Waals surface area contributed by atoms with Gasteiger partial charge in [-0.25, -0.2) is 0 Å². The molecule has 0 aromatic heterocycles. The largest absolute Gasteiger partial charge is 0.494 e. The van der Waals surface area contributed by atoms with Crippen LogP contribution >= 0.6 is 0 Å². The molecule has 3 rings (SSSR count). The SMILES string of the molecule is CCCCCOc1ccc([C@H]2CC[C@H](C#C/C=C/[C@H]3CC[C@H](CC)CC3)CC2)cc1. The van der Waals surface area contributed by atoms with E-state index in [1.54, 1.807) is 0 Å². The highest BCUT2D eigenvalue weighted by Gasteiger charge is 2.21. The van der Waals surface area contributed by atoms with Crippen LogP contribution in [0.1, 0.15) is 102 Å². The zero-order chi connectivity index (χ0) is 21.0. The van der Waals surface area contributed by atoms with Crippen LogP contribution in [-0.2, 0) is 0 Å². The van der Waals surface area contributed by atoms with Crippen LogP contribution in [0.15, 0.2) is 36.4 Å². The quantitative estimate of drug-likeness (QED) is 0.311. The molecule has 0 unspecified atom stereocenters. The molecule has 1 nitrogen and oxygen atoms in total. The van der Waals surface area contributed by atoms with Crippen molar-refractivity contribution in [2.75, 3.05) is 6.61 Å². The Morgan fingerprint density at radius 3 is 2.30 bits per heavy atom. The minimum Gasteiger partial charge on any atom is -0.494 e. The second-order valence-electron chi connectivity index (χ2n) is 9.51. The standard InChI is InChI=1S/C29H42O/c1-3-5-8-23-30-29-21-19-28(20-22-29)27-17-15-26(16-18-27)10-7-6-9-25-13-11-24(4-2)12-14-25/h6,9,19-22,24-27H,3-5,8,11-18,23H2,1-2H3/b9-6+/t24-,25-,26-,27-. The Morgan fingerprint density at radius 1 is 0.900 bits per heavy atom. The zero-order valence-corrected chi connectivity index (χ0v) is 19.4. The lowest BCUT2D eigenvalue weighted by Crippen LogP contribution is -2.12. The molecule has 1 heteroatoms. The van der Waals surface area contributed by atoms with Crippen LogP contribution in [0.2, 0.25) is 0 Å². The van der Waals surface area contributed by atoms with Crippen molar-refractivity contribution in [2.24, 2.45) is 17.8 Å². The van der Waals surface area contributed by atoms with Crippen LogP contribution < -0.4 is 4.74 Å². The highest BCUT2D eigenvalue weighted by molar-refractivity contribution is 5.30. The first kappa shape index (κ1) is 23.0. The molecular formula is C29H42O. The first-order valence-corrected chi connectivity index (χ1v) is 12.7. The summed E-state index contributed by atoms with van der Waals surface area (Å²) in [6, 6.07) is 8.88. The Morgan fingerprint density at radius 2 is 1.63 bits per heavy atom. The van der Waals surface area contributed by atoms with Gasteiger partial charge >= 0.3 is 0 Å². The van der Waals surface area contributed by atoms with Gasteiger partial charge in [-0.1, -0.05) is 63.2 Å². The Labute approximate surface area is 185 Å². The Kier molecular flexibility index (Phi) is 9.88. The van der Waals surface area contributed by atoms with Crippen molar-refractivity contribution in [1.82, 2.24) is 0 Å². The number of hydrogen-bond donors (Lipinski definition) is 0. The van der Waals surface area contributed by atoms with Crippen LogP contribution in [-0.4, -0.2) is 6.61 Å². The molecule has 0 aliphatic heterocycles. The molecule has 2 aliphatic rings. The number of benzene rings is 1. The molecule has 2 saturated carbocycles. The molecule has 1 aromatic rings. The summed E-state index contributed by atoms with van der Waals surface area (Å²) in [4.78, 5) is 0. The predicted molar refractivity (Wildman–Crippen MR) is 129 cm³/mol. The number of unbranched alkanes of at least 4 members (excludes halogenated alkanes) is 2. The van der Waals surface area contributed by atoms with Crippen LogP contribution in [0.4, 0.5) is 0 Å². The monoisotopic (exact) mass is 406 g/mol. The van der Waals surface area contributed by atoms with Gasteiger partial charge in [0.25, 0.3) is 0 Å². The molecule has 30 heavy (non-hydrogen) atoms. The maximum Gasteiger partial charge on any atom is 0.119 e. The summed E-state index contributed by atoms with van der Waals surface area (Å²) in [5, 5.41) is 0. The summed E-state index contributed by atoms with van der Waals surface area (Å²) >= 11 is 0. The van der Waals surface area contributed by atoms with E-state index in [-0.39, 0.29) is 0 Å². The molecule has 0 spiro atoms. The third-order valence-electron chi connectivity index (χ3n) is 7.30. The summed E-state index contributed by atoms with van der Waals surface area (Å²) in [5.74, 6) is 11.0. The maximum absolute atomic E-state index is 5.85. The average molecular weight is 407 g/mol. The van der Waals surface area contributed by atoms with Gasteiger partial charge in [0.15, 0.2) is 0 Å². The van der Waals surface area contributed by atoms with E-state index in [2.05, 4.69) is 62.1 Å². The fourth-order valence-corrected chi connectivity index (χ4v) is 5.09. The molecule has 0 radical (unpaired) electrons. The van der Waals surface area contributed by atoms with E-state index >= 15 is 0 Å². The summed E-state index contributed by atoms with van der Waals surface area (Å²) in [6.45, 7) is 5.40. The van der Waals surface area contributed by atoms with Gasteiger partial charge in [0.05, 0.1) is 6.61 Å². The third kappa shape index (κ3) is 7.54. The van der Waals surface area contributed by atoms with Crippen molar-refractivity contribution >= 4 is 0 Å². The van der Waals surface area contributed by atoms with Crippen molar-refractivity contribution in [3.8, 4) is 17.6 Å². The number of allylic oxidation sites excluding steroid dienone is 2. The highest BCUT2D eigenvalue weighted by Crippen LogP contribution is 2.36. The number of ether oxygens (including phenoxy) is 1. The van der Waals surface area contributed by atoms with E-state index < -0.39 is 0 Å². The lowest BCUT2D eigenvalue weighted by atomic mass is 9.79. The third-order valence-corrected chi connectivity index (χ3v) is 7.30. The Balaban J connectivity index is 1.37. The zero-order valence-electron chi connectivity index (χ0n) is 19.4. The van der Waals surface area contributed by atoms with Gasteiger partial charge in [-0.15, -0.1) is 0 Å². The minimum absolute atomic E-state index is 0.586. The normalized spacial score (nSPS) is 26.9. The van der Waals surface area contributed by atoms with Gasteiger partial charge in [-0.3, -0.25) is 0 Å². The van der Waals surface area contributed by atoms with Crippen LogP contribution in [0.25, 0.3) is 0 Å². The first-order chi connectivity index (χ1) is 14.8. The van der Waals surface area contributed by atoms with E-state index in [1.807, 2.05) is 0 Å². The smallest absolute Gasteiger partial charge is 0.119 e. The molecule has 2 fully saturated rings. The topological polar surface area (TPSA) is 9.23 Å². The van der Waals surface area contributed by atoms with Crippen molar-refractivity contribution < 1.29 is 4.74 Å². The molecule has 2 aliphatic carbocycles. The molecule has 1 aromatic carbocycles. The van der Waals surface area contributed by atoms with Crippen molar-refractivity contribution in [2.45, 2.75) is 96.8 Å². The molecule has 0 heterocycles. The van der Waals surface area contributed by atoms with E-state index in [1.165, 1.54) is 76.2 Å². The fraction of sp³-hybridized carbons (Fsp3) is 0.655. The molecule has 164 valence electrons. The first-order valence-electron chi connectivity index (χ1n) is 12.7. The van der Waals surface area contributed by atoms with Crippen molar-refractivity contribution in [3.05, 3.63) is 42.0 Å². The van der Waals surface area contributed by atoms with Gasteiger partial charge in [0.2, 0.25) is 0 Å². The summed E-state index contributed by atoms with van der Waals surface area (Å²) in [5.41, 5.74) is 1.48. The predicted octanol–water partition coefficient (Wildman–Crippen LogP) is 8.31. The van der Waals surface area contributed by atoms with E-state index in [4.69, 9.17) is 4.74 Å². The summed E-state index contributed by atoms with van der Waals surface area (Å²) < 4.78 is 5.85. The van der Waals surface area contributed by atoms with Crippen LogP contribution in [0.5, 0.6) is 5.75 Å². The van der Waals surface area contributed by atoms with E-state index in [0.29, 0.717) is 11.8 Å².